The molecule has 0 saturated carbocycles. The monoisotopic (exact) mass is 522 g/mol. The minimum atomic E-state index is -3.60. The molecule has 184 valence electrons. The van der Waals surface area contributed by atoms with Gasteiger partial charge in [0.2, 0.25) is 10.0 Å². The molecule has 0 aliphatic rings. The fraction of sp³-hybridized carbons (Fsp3) is 0.417. The van der Waals surface area contributed by atoms with E-state index in [0.29, 0.717) is 41.9 Å². The quantitative estimate of drug-likeness (QED) is 0.355. The zero-order chi connectivity index (χ0) is 24.9. The van der Waals surface area contributed by atoms with Crippen molar-refractivity contribution in [1.29, 1.82) is 0 Å². The minimum absolute atomic E-state index is 0.195. The van der Waals surface area contributed by atoms with Gasteiger partial charge in [-0.3, -0.25) is 9.69 Å². The molecule has 0 fully saturated rings. The highest BCUT2D eigenvalue weighted by Crippen LogP contribution is 2.31. The summed E-state index contributed by atoms with van der Waals surface area (Å²) in [6, 6.07) is 11.6. The molecule has 0 atom stereocenters. The molecule has 0 N–H and O–H groups in total. The van der Waals surface area contributed by atoms with Crippen molar-refractivity contribution in [2.75, 3.05) is 45.2 Å². The molecule has 1 amide bonds. The van der Waals surface area contributed by atoms with Crippen LogP contribution in [0.2, 0.25) is 5.02 Å². The predicted molar refractivity (Wildman–Crippen MR) is 141 cm³/mol. The third kappa shape index (κ3) is 6.14. The molecule has 2 aromatic carbocycles. The Labute approximate surface area is 211 Å². The molecule has 34 heavy (non-hydrogen) atoms. The summed E-state index contributed by atoms with van der Waals surface area (Å²) in [6.07, 6.45) is 1.48. The lowest BCUT2D eigenvalue weighted by Gasteiger charge is -2.23. The van der Waals surface area contributed by atoms with E-state index in [1.54, 1.807) is 23.1 Å². The Morgan fingerprint density at radius 3 is 2.21 bits per heavy atom. The van der Waals surface area contributed by atoms with Crippen molar-refractivity contribution in [3.63, 3.8) is 0 Å². The molecule has 0 unspecified atom stereocenters. The summed E-state index contributed by atoms with van der Waals surface area (Å²) >= 11 is 7.53. The van der Waals surface area contributed by atoms with Crippen molar-refractivity contribution < 1.29 is 13.2 Å². The zero-order valence-electron chi connectivity index (χ0n) is 20.0. The SMILES string of the molecule is CCCN(CCC)S(=O)(=O)c1ccc(C(=O)N(CCN(C)C)c2nc3ccc(Cl)cc3s2)cc1. The van der Waals surface area contributed by atoms with Crippen LogP contribution in [-0.4, -0.2) is 68.8 Å². The maximum atomic E-state index is 13.5. The molecule has 0 aliphatic carbocycles. The predicted octanol–water partition coefficient (Wildman–Crippen LogP) is 4.97. The number of sulfonamides is 1. The molecule has 3 rings (SSSR count). The lowest BCUT2D eigenvalue weighted by molar-refractivity contribution is 0.0985. The van der Waals surface area contributed by atoms with Gasteiger partial charge in [-0.05, 0) is 69.4 Å². The number of hydrogen-bond donors (Lipinski definition) is 0. The van der Waals surface area contributed by atoms with E-state index in [4.69, 9.17) is 11.6 Å². The van der Waals surface area contributed by atoms with Gasteiger partial charge in [0.1, 0.15) is 0 Å². The van der Waals surface area contributed by atoms with Crippen LogP contribution >= 0.6 is 22.9 Å². The first-order valence-corrected chi connectivity index (χ1v) is 13.9. The van der Waals surface area contributed by atoms with E-state index in [2.05, 4.69) is 4.98 Å². The van der Waals surface area contributed by atoms with Gasteiger partial charge in [0.15, 0.2) is 5.13 Å². The lowest BCUT2D eigenvalue weighted by atomic mass is 10.2. The molecule has 0 spiro atoms. The number of aromatic nitrogens is 1. The van der Waals surface area contributed by atoms with Gasteiger partial charge in [-0.2, -0.15) is 4.31 Å². The third-order valence-corrected chi connectivity index (χ3v) is 8.46. The third-order valence-electron chi connectivity index (χ3n) is 5.27. The summed E-state index contributed by atoms with van der Waals surface area (Å²) in [7, 11) is 0.282. The molecule has 0 radical (unpaired) electrons. The first-order valence-electron chi connectivity index (χ1n) is 11.3. The number of carbonyl (C=O) groups is 1. The second-order valence-corrected chi connectivity index (χ2v) is 11.7. The molecule has 3 aromatic rings. The van der Waals surface area contributed by atoms with Gasteiger partial charge >= 0.3 is 0 Å². The van der Waals surface area contributed by atoms with Crippen LogP contribution in [0.5, 0.6) is 0 Å². The van der Waals surface area contributed by atoms with Crippen LogP contribution in [0.4, 0.5) is 5.13 Å². The number of fused-ring (bicyclic) bond motifs is 1. The van der Waals surface area contributed by atoms with Crippen molar-refractivity contribution >= 4 is 54.2 Å². The van der Waals surface area contributed by atoms with Gasteiger partial charge in [0, 0.05) is 36.8 Å². The summed E-state index contributed by atoms with van der Waals surface area (Å²) in [6.45, 7) is 5.95. The summed E-state index contributed by atoms with van der Waals surface area (Å²) < 4.78 is 28.5. The molecule has 0 aliphatic heterocycles. The Hall–Kier alpha value is -2.04. The molecular weight excluding hydrogens is 492 g/mol. The normalized spacial score (nSPS) is 12.1. The van der Waals surface area contributed by atoms with E-state index in [1.165, 1.54) is 27.8 Å². The van der Waals surface area contributed by atoms with Gasteiger partial charge in [-0.25, -0.2) is 13.4 Å². The Kier molecular flexibility index (Phi) is 9.06. The minimum Gasteiger partial charge on any atom is -0.308 e. The highest BCUT2D eigenvalue weighted by Gasteiger charge is 2.25. The van der Waals surface area contributed by atoms with Crippen molar-refractivity contribution in [2.45, 2.75) is 31.6 Å². The van der Waals surface area contributed by atoms with Gasteiger partial charge in [0.05, 0.1) is 15.1 Å². The van der Waals surface area contributed by atoms with Gasteiger partial charge < -0.3 is 4.90 Å². The fourth-order valence-electron chi connectivity index (χ4n) is 3.51. The number of halogens is 1. The lowest BCUT2D eigenvalue weighted by Crippen LogP contribution is -2.36. The number of anilines is 1. The van der Waals surface area contributed by atoms with E-state index >= 15 is 0 Å². The number of likely N-dealkylation sites (N-methyl/N-ethyl adjacent to an activating group) is 1. The molecule has 1 aromatic heterocycles. The van der Waals surface area contributed by atoms with Crippen molar-refractivity contribution in [2.24, 2.45) is 0 Å². The fourth-order valence-corrected chi connectivity index (χ4v) is 6.40. The van der Waals surface area contributed by atoms with Crippen molar-refractivity contribution in [1.82, 2.24) is 14.2 Å². The van der Waals surface area contributed by atoms with Crippen molar-refractivity contribution in [3.8, 4) is 0 Å². The maximum Gasteiger partial charge on any atom is 0.260 e. The van der Waals surface area contributed by atoms with E-state index in [-0.39, 0.29) is 10.8 Å². The number of benzene rings is 2. The molecule has 7 nitrogen and oxygen atoms in total. The molecule has 1 heterocycles. The van der Waals surface area contributed by atoms with Crippen LogP contribution in [0.3, 0.4) is 0 Å². The Balaban J connectivity index is 1.91. The number of rotatable bonds is 11. The molecule has 10 heteroatoms. The first kappa shape index (κ1) is 26.6. The largest absolute Gasteiger partial charge is 0.308 e. The summed E-state index contributed by atoms with van der Waals surface area (Å²) in [5.41, 5.74) is 1.19. The van der Waals surface area contributed by atoms with E-state index in [0.717, 1.165) is 23.1 Å². The Morgan fingerprint density at radius 2 is 1.62 bits per heavy atom. The van der Waals surface area contributed by atoms with Gasteiger partial charge in [-0.15, -0.1) is 0 Å². The average molecular weight is 523 g/mol. The van der Waals surface area contributed by atoms with Crippen LogP contribution in [-0.2, 0) is 10.0 Å². The number of nitrogens with zero attached hydrogens (tertiary/aromatic N) is 4. The second-order valence-electron chi connectivity index (χ2n) is 8.30. The second kappa shape index (κ2) is 11.6. The topological polar surface area (TPSA) is 73.8 Å². The smallest absolute Gasteiger partial charge is 0.260 e. The molecule has 0 saturated heterocycles. The zero-order valence-corrected chi connectivity index (χ0v) is 22.4. The molecular formula is C24H31ClN4O3S2. The van der Waals surface area contributed by atoms with Crippen LogP contribution in [0.15, 0.2) is 47.4 Å². The average Bonchev–Trinajstić information content (AvgIpc) is 3.21. The number of hydrogen-bond acceptors (Lipinski definition) is 6. The van der Waals surface area contributed by atoms with E-state index in [9.17, 15) is 13.2 Å². The van der Waals surface area contributed by atoms with Crippen LogP contribution in [0, 0.1) is 0 Å². The van der Waals surface area contributed by atoms with Crippen molar-refractivity contribution in [3.05, 3.63) is 53.1 Å². The van der Waals surface area contributed by atoms with E-state index in [1.807, 2.05) is 45.0 Å². The number of amides is 1. The summed E-state index contributed by atoms with van der Waals surface area (Å²) in [5, 5.41) is 1.20. The van der Waals surface area contributed by atoms with Crippen LogP contribution < -0.4 is 4.90 Å². The van der Waals surface area contributed by atoms with Crippen LogP contribution in [0.1, 0.15) is 37.0 Å². The highest BCUT2D eigenvalue weighted by atomic mass is 35.5. The number of carbonyl (C=O) groups excluding carboxylic acids is 1. The Bertz CT molecular complexity index is 1220. The van der Waals surface area contributed by atoms with Gasteiger partial charge in [0.25, 0.3) is 5.91 Å². The van der Waals surface area contributed by atoms with Crippen LogP contribution in [0.25, 0.3) is 10.2 Å². The highest BCUT2D eigenvalue weighted by molar-refractivity contribution is 7.89. The Morgan fingerprint density at radius 1 is 0.971 bits per heavy atom. The summed E-state index contributed by atoms with van der Waals surface area (Å²) in [5.74, 6) is -0.227. The van der Waals surface area contributed by atoms with E-state index < -0.39 is 10.0 Å². The molecule has 0 bridgehead atoms. The standard InChI is InChI=1S/C24H31ClN4O3S2/c1-5-13-28(14-6-2)34(31,32)20-10-7-18(8-11-20)23(30)29(16-15-27(3)4)24-26-21-12-9-19(25)17-22(21)33-24/h7-12,17H,5-6,13-16H2,1-4H3. The number of thiazole rings is 1. The first-order chi connectivity index (χ1) is 16.2. The van der Waals surface area contributed by atoms with Gasteiger partial charge in [-0.1, -0.05) is 36.8 Å². The summed E-state index contributed by atoms with van der Waals surface area (Å²) in [4.78, 5) is 22.0. The maximum absolute atomic E-state index is 13.5.